The van der Waals surface area contributed by atoms with Gasteiger partial charge < -0.3 is 9.84 Å². The van der Waals surface area contributed by atoms with Crippen LogP contribution >= 0.6 is 0 Å². The molecule has 2 rings (SSSR count). The fraction of sp³-hybridized carbons (Fsp3) is 0.0769. The fourth-order valence-electron chi connectivity index (χ4n) is 1.45. The van der Waals surface area contributed by atoms with E-state index in [1.165, 1.54) is 6.07 Å². The van der Waals surface area contributed by atoms with Crippen LogP contribution in [0.1, 0.15) is 16.1 Å². The van der Waals surface area contributed by atoms with E-state index >= 15 is 0 Å². The van der Waals surface area contributed by atoms with Crippen molar-refractivity contribution in [1.29, 1.82) is 0 Å². The highest BCUT2D eigenvalue weighted by Crippen LogP contribution is 2.27. The first-order chi connectivity index (χ1) is 8.58. The summed E-state index contributed by atoms with van der Waals surface area (Å²) in [5, 5.41) is 8.98. The van der Waals surface area contributed by atoms with Crippen molar-refractivity contribution in [2.75, 3.05) is 0 Å². The lowest BCUT2D eigenvalue weighted by Crippen LogP contribution is -2.01. The second-order valence-corrected chi connectivity index (χ2v) is 3.63. The van der Waals surface area contributed by atoms with Gasteiger partial charge in [-0.25, -0.2) is 9.18 Å². The average molecular weight is 247 g/mol. The molecule has 2 aromatic rings. The van der Waals surface area contributed by atoms with Gasteiger partial charge in [-0.05, 0) is 37.3 Å². The molecule has 92 valence electrons. The van der Waals surface area contributed by atoms with E-state index in [9.17, 15) is 9.18 Å². The Bertz CT molecular complexity index is 599. The summed E-state index contributed by atoms with van der Waals surface area (Å²) >= 11 is 0. The lowest BCUT2D eigenvalue weighted by molar-refractivity contribution is 0.0693. The SMILES string of the molecule is Cc1ncccc1Oc1ccc(F)cc1C(=O)O. The second kappa shape index (κ2) is 4.83. The fourth-order valence-corrected chi connectivity index (χ4v) is 1.45. The molecule has 0 radical (unpaired) electrons. The molecular formula is C13H10FNO3. The van der Waals surface area contributed by atoms with Crippen LogP contribution in [0, 0.1) is 12.7 Å². The molecule has 0 fully saturated rings. The summed E-state index contributed by atoms with van der Waals surface area (Å²) in [5.74, 6) is -1.35. The molecule has 18 heavy (non-hydrogen) atoms. The average Bonchev–Trinajstić information content (AvgIpc) is 2.34. The van der Waals surface area contributed by atoms with Crippen LogP contribution < -0.4 is 4.74 Å². The summed E-state index contributed by atoms with van der Waals surface area (Å²) in [7, 11) is 0. The molecule has 0 aliphatic carbocycles. The van der Waals surface area contributed by atoms with Crippen LogP contribution in [-0.4, -0.2) is 16.1 Å². The van der Waals surface area contributed by atoms with E-state index in [1.54, 1.807) is 25.3 Å². The summed E-state index contributed by atoms with van der Waals surface area (Å²) in [4.78, 5) is 15.0. The zero-order valence-corrected chi connectivity index (χ0v) is 9.55. The molecule has 0 saturated carbocycles. The minimum atomic E-state index is -1.24. The van der Waals surface area contributed by atoms with Crippen molar-refractivity contribution in [1.82, 2.24) is 4.98 Å². The normalized spacial score (nSPS) is 10.1. The van der Waals surface area contributed by atoms with E-state index in [-0.39, 0.29) is 11.3 Å². The minimum Gasteiger partial charge on any atom is -0.478 e. The highest BCUT2D eigenvalue weighted by atomic mass is 19.1. The zero-order valence-electron chi connectivity index (χ0n) is 9.55. The van der Waals surface area contributed by atoms with E-state index < -0.39 is 11.8 Å². The summed E-state index contributed by atoms with van der Waals surface area (Å²) < 4.78 is 18.4. The molecule has 4 nitrogen and oxygen atoms in total. The lowest BCUT2D eigenvalue weighted by Gasteiger charge is -2.10. The number of carboxylic acids is 1. The topological polar surface area (TPSA) is 59.4 Å². The van der Waals surface area contributed by atoms with Gasteiger partial charge in [-0.3, -0.25) is 4.98 Å². The highest BCUT2D eigenvalue weighted by molar-refractivity contribution is 5.91. The Balaban J connectivity index is 2.41. The molecule has 1 aromatic heterocycles. The van der Waals surface area contributed by atoms with Crippen molar-refractivity contribution < 1.29 is 19.0 Å². The van der Waals surface area contributed by atoms with E-state index in [1.807, 2.05) is 0 Å². The van der Waals surface area contributed by atoms with Gasteiger partial charge in [0.05, 0.1) is 5.69 Å². The molecule has 1 aromatic carbocycles. The Morgan fingerprint density at radius 2 is 2.11 bits per heavy atom. The number of aryl methyl sites for hydroxylation is 1. The van der Waals surface area contributed by atoms with Gasteiger partial charge in [0, 0.05) is 6.20 Å². The first-order valence-corrected chi connectivity index (χ1v) is 5.20. The van der Waals surface area contributed by atoms with Gasteiger partial charge in [0.15, 0.2) is 0 Å². The van der Waals surface area contributed by atoms with Crippen molar-refractivity contribution >= 4 is 5.97 Å². The highest BCUT2D eigenvalue weighted by Gasteiger charge is 2.14. The number of nitrogens with zero attached hydrogens (tertiary/aromatic N) is 1. The Morgan fingerprint density at radius 1 is 1.33 bits per heavy atom. The van der Waals surface area contributed by atoms with Crippen molar-refractivity contribution in [2.45, 2.75) is 6.92 Å². The summed E-state index contributed by atoms with van der Waals surface area (Å²) in [6.07, 6.45) is 1.60. The molecule has 0 spiro atoms. The Kier molecular flexibility index (Phi) is 3.23. The van der Waals surface area contributed by atoms with Crippen LogP contribution in [0.25, 0.3) is 0 Å². The Labute approximate surface area is 103 Å². The van der Waals surface area contributed by atoms with E-state index in [0.29, 0.717) is 11.4 Å². The molecule has 1 N–H and O–H groups in total. The third-order valence-electron chi connectivity index (χ3n) is 2.35. The maximum Gasteiger partial charge on any atom is 0.339 e. The number of aromatic nitrogens is 1. The van der Waals surface area contributed by atoms with Crippen LogP contribution in [0.5, 0.6) is 11.5 Å². The number of halogens is 1. The largest absolute Gasteiger partial charge is 0.478 e. The third kappa shape index (κ3) is 2.45. The molecule has 0 aliphatic rings. The first kappa shape index (κ1) is 12.0. The second-order valence-electron chi connectivity index (χ2n) is 3.63. The van der Waals surface area contributed by atoms with Gasteiger partial charge in [-0.2, -0.15) is 0 Å². The molecule has 0 bridgehead atoms. The minimum absolute atomic E-state index is 0.0833. The number of carboxylic acid groups (broad SMARTS) is 1. The number of aromatic carboxylic acids is 1. The van der Waals surface area contributed by atoms with Gasteiger partial charge in [-0.1, -0.05) is 0 Å². The quantitative estimate of drug-likeness (QED) is 0.905. The van der Waals surface area contributed by atoms with Gasteiger partial charge >= 0.3 is 5.97 Å². The number of pyridine rings is 1. The van der Waals surface area contributed by atoms with Gasteiger partial charge in [-0.15, -0.1) is 0 Å². The maximum atomic E-state index is 13.0. The summed E-state index contributed by atoms with van der Waals surface area (Å²) in [6, 6.07) is 6.69. The summed E-state index contributed by atoms with van der Waals surface area (Å²) in [5.41, 5.74) is 0.399. The number of rotatable bonds is 3. The van der Waals surface area contributed by atoms with Gasteiger partial charge in [0.1, 0.15) is 22.9 Å². The maximum absolute atomic E-state index is 13.0. The first-order valence-electron chi connectivity index (χ1n) is 5.20. The zero-order chi connectivity index (χ0) is 13.1. The molecule has 5 heteroatoms. The predicted octanol–water partition coefficient (Wildman–Crippen LogP) is 3.02. The lowest BCUT2D eigenvalue weighted by atomic mass is 10.2. The van der Waals surface area contributed by atoms with Crippen LogP contribution in [-0.2, 0) is 0 Å². The van der Waals surface area contributed by atoms with Crippen LogP contribution in [0.3, 0.4) is 0 Å². The van der Waals surface area contributed by atoms with Gasteiger partial charge in [0.2, 0.25) is 0 Å². The van der Waals surface area contributed by atoms with Crippen molar-refractivity contribution in [3.8, 4) is 11.5 Å². The molecule has 0 saturated heterocycles. The van der Waals surface area contributed by atoms with E-state index in [4.69, 9.17) is 9.84 Å². The Morgan fingerprint density at radius 3 is 2.78 bits per heavy atom. The number of carbonyl (C=O) groups is 1. The molecule has 0 amide bonds. The van der Waals surface area contributed by atoms with E-state index in [0.717, 1.165) is 12.1 Å². The smallest absolute Gasteiger partial charge is 0.339 e. The van der Waals surface area contributed by atoms with Crippen molar-refractivity contribution in [3.05, 3.63) is 53.6 Å². The van der Waals surface area contributed by atoms with Crippen molar-refractivity contribution in [2.24, 2.45) is 0 Å². The molecular weight excluding hydrogens is 237 g/mol. The number of hydrogen-bond donors (Lipinski definition) is 1. The van der Waals surface area contributed by atoms with E-state index in [2.05, 4.69) is 4.98 Å². The van der Waals surface area contributed by atoms with Crippen molar-refractivity contribution in [3.63, 3.8) is 0 Å². The molecule has 0 atom stereocenters. The number of hydrogen-bond acceptors (Lipinski definition) is 3. The molecule has 0 aliphatic heterocycles. The van der Waals surface area contributed by atoms with Gasteiger partial charge in [0.25, 0.3) is 0 Å². The van der Waals surface area contributed by atoms with Crippen LogP contribution in [0.4, 0.5) is 4.39 Å². The Hall–Kier alpha value is -2.43. The monoisotopic (exact) mass is 247 g/mol. The molecule has 0 unspecified atom stereocenters. The number of benzene rings is 1. The summed E-state index contributed by atoms with van der Waals surface area (Å²) in [6.45, 7) is 1.74. The van der Waals surface area contributed by atoms with Crippen LogP contribution in [0.15, 0.2) is 36.5 Å². The number of ether oxygens (including phenoxy) is 1. The predicted molar refractivity (Wildman–Crippen MR) is 62.4 cm³/mol. The van der Waals surface area contributed by atoms with Crippen LogP contribution in [0.2, 0.25) is 0 Å². The third-order valence-corrected chi connectivity index (χ3v) is 2.35. The molecule has 1 heterocycles. The standard InChI is InChI=1S/C13H10FNO3/c1-8-11(3-2-6-15-8)18-12-5-4-9(14)7-10(12)13(16)17/h2-7H,1H3,(H,16,17).